The van der Waals surface area contributed by atoms with Crippen molar-refractivity contribution >= 4 is 19.7 Å². The van der Waals surface area contributed by atoms with E-state index in [-0.39, 0.29) is 11.0 Å². The summed E-state index contributed by atoms with van der Waals surface area (Å²) in [6, 6.07) is 5.06. The van der Waals surface area contributed by atoms with Crippen LogP contribution in [-0.2, 0) is 9.05 Å². The second-order valence-corrected chi connectivity index (χ2v) is 6.95. The minimum atomic E-state index is -3.75. The third-order valence-corrected chi connectivity index (χ3v) is 4.30. The van der Waals surface area contributed by atoms with Crippen LogP contribution in [0.5, 0.6) is 5.75 Å². The maximum atomic E-state index is 11.5. The van der Waals surface area contributed by atoms with E-state index in [1.165, 1.54) is 0 Å². The predicted molar refractivity (Wildman–Crippen MR) is 67.1 cm³/mol. The molecule has 17 heavy (non-hydrogen) atoms. The zero-order chi connectivity index (χ0) is 12.5. The zero-order valence-electron chi connectivity index (χ0n) is 9.65. The number of halogens is 1. The molecule has 0 bridgehead atoms. The van der Waals surface area contributed by atoms with E-state index in [4.69, 9.17) is 15.4 Å². The lowest BCUT2D eigenvalue weighted by atomic mass is 10.2. The molecule has 0 heterocycles. The Hall–Kier alpha value is -0.740. The average molecular weight is 275 g/mol. The third-order valence-electron chi connectivity index (χ3n) is 2.96. The molecule has 0 amide bonds. The van der Waals surface area contributed by atoms with Gasteiger partial charge in [0.25, 0.3) is 9.05 Å². The van der Waals surface area contributed by atoms with E-state index in [1.54, 1.807) is 12.1 Å². The summed E-state index contributed by atoms with van der Waals surface area (Å²) >= 11 is 0. The monoisotopic (exact) mass is 274 g/mol. The van der Waals surface area contributed by atoms with Crippen LogP contribution in [0.25, 0.3) is 0 Å². The molecule has 3 nitrogen and oxygen atoms in total. The van der Waals surface area contributed by atoms with E-state index >= 15 is 0 Å². The van der Waals surface area contributed by atoms with Gasteiger partial charge in [0, 0.05) is 10.7 Å². The van der Waals surface area contributed by atoms with Crippen molar-refractivity contribution in [2.45, 2.75) is 43.6 Å². The smallest absolute Gasteiger partial charge is 0.264 e. The van der Waals surface area contributed by atoms with Gasteiger partial charge in [-0.2, -0.15) is 0 Å². The van der Waals surface area contributed by atoms with Gasteiger partial charge in [-0.1, -0.05) is 6.07 Å². The van der Waals surface area contributed by atoms with Crippen LogP contribution in [0.4, 0.5) is 0 Å². The summed E-state index contributed by atoms with van der Waals surface area (Å²) in [6.07, 6.45) is 4.36. The molecule has 0 radical (unpaired) electrons. The van der Waals surface area contributed by atoms with Gasteiger partial charge in [0.2, 0.25) is 0 Å². The Bertz CT molecular complexity index is 504. The Labute approximate surface area is 106 Å². The Kier molecular flexibility index (Phi) is 3.64. The summed E-state index contributed by atoms with van der Waals surface area (Å²) in [4.78, 5) is 0.0751. The SMILES string of the molecule is Cc1ccc(OC2CCCC2)c(S(=O)(=O)Cl)c1. The molecule has 0 N–H and O–H groups in total. The predicted octanol–water partition coefficient (Wildman–Crippen LogP) is 3.24. The maximum Gasteiger partial charge on any atom is 0.264 e. The third kappa shape index (κ3) is 3.13. The van der Waals surface area contributed by atoms with E-state index in [0.29, 0.717) is 5.75 Å². The highest BCUT2D eigenvalue weighted by molar-refractivity contribution is 8.13. The van der Waals surface area contributed by atoms with Gasteiger partial charge in [0.15, 0.2) is 0 Å². The van der Waals surface area contributed by atoms with Crippen LogP contribution >= 0.6 is 10.7 Å². The topological polar surface area (TPSA) is 43.4 Å². The highest BCUT2D eigenvalue weighted by Gasteiger charge is 2.22. The molecule has 0 unspecified atom stereocenters. The van der Waals surface area contributed by atoms with Crippen LogP contribution in [0.3, 0.4) is 0 Å². The van der Waals surface area contributed by atoms with Crippen LogP contribution in [0.15, 0.2) is 23.1 Å². The molecule has 0 aliphatic heterocycles. The Morgan fingerprint density at radius 1 is 1.29 bits per heavy atom. The normalized spacial score (nSPS) is 17.3. The first-order valence-corrected chi connectivity index (χ1v) is 8.00. The van der Waals surface area contributed by atoms with E-state index in [0.717, 1.165) is 31.2 Å². The largest absolute Gasteiger partial charge is 0.489 e. The number of hydrogen-bond acceptors (Lipinski definition) is 3. The van der Waals surface area contributed by atoms with Crippen molar-refractivity contribution in [3.63, 3.8) is 0 Å². The highest BCUT2D eigenvalue weighted by atomic mass is 35.7. The van der Waals surface area contributed by atoms with E-state index in [1.807, 2.05) is 13.0 Å². The van der Waals surface area contributed by atoms with Crippen molar-refractivity contribution in [2.75, 3.05) is 0 Å². The van der Waals surface area contributed by atoms with Crippen molar-refractivity contribution in [2.24, 2.45) is 0 Å². The van der Waals surface area contributed by atoms with E-state index in [9.17, 15) is 8.42 Å². The molecule has 1 aliphatic rings. The minimum Gasteiger partial charge on any atom is -0.489 e. The number of hydrogen-bond donors (Lipinski definition) is 0. The lowest BCUT2D eigenvalue weighted by molar-refractivity contribution is 0.204. The van der Waals surface area contributed by atoms with Gasteiger partial charge in [0.05, 0.1) is 6.10 Å². The zero-order valence-corrected chi connectivity index (χ0v) is 11.2. The van der Waals surface area contributed by atoms with Gasteiger partial charge in [-0.25, -0.2) is 8.42 Å². The van der Waals surface area contributed by atoms with Crippen LogP contribution in [0.2, 0.25) is 0 Å². The molecule has 0 spiro atoms. The van der Waals surface area contributed by atoms with Gasteiger partial charge in [-0.05, 0) is 50.3 Å². The van der Waals surface area contributed by atoms with Crippen molar-refractivity contribution in [1.82, 2.24) is 0 Å². The first-order valence-electron chi connectivity index (χ1n) is 5.69. The Balaban J connectivity index is 2.32. The highest BCUT2D eigenvalue weighted by Crippen LogP contribution is 2.31. The lowest BCUT2D eigenvalue weighted by Crippen LogP contribution is -2.12. The summed E-state index contributed by atoms with van der Waals surface area (Å²) in [5.41, 5.74) is 0.850. The average Bonchev–Trinajstić information content (AvgIpc) is 2.72. The summed E-state index contributed by atoms with van der Waals surface area (Å²) in [7, 11) is 1.66. The lowest BCUT2D eigenvalue weighted by Gasteiger charge is -2.15. The van der Waals surface area contributed by atoms with Gasteiger partial charge in [-0.3, -0.25) is 0 Å². The van der Waals surface area contributed by atoms with Gasteiger partial charge >= 0.3 is 0 Å². The number of aryl methyl sites for hydroxylation is 1. The number of benzene rings is 1. The molecular formula is C12H15ClO3S. The fourth-order valence-electron chi connectivity index (χ4n) is 2.09. The molecule has 1 fully saturated rings. The number of ether oxygens (including phenoxy) is 1. The van der Waals surface area contributed by atoms with Crippen molar-refractivity contribution in [3.05, 3.63) is 23.8 Å². The summed E-state index contributed by atoms with van der Waals surface area (Å²) in [5.74, 6) is 0.373. The molecule has 5 heteroatoms. The van der Waals surface area contributed by atoms with E-state index in [2.05, 4.69) is 0 Å². The van der Waals surface area contributed by atoms with E-state index < -0.39 is 9.05 Å². The first kappa shape index (κ1) is 12.7. The fraction of sp³-hybridized carbons (Fsp3) is 0.500. The summed E-state index contributed by atoms with van der Waals surface area (Å²) in [5, 5.41) is 0. The molecule has 2 rings (SSSR count). The maximum absolute atomic E-state index is 11.5. The molecule has 0 atom stereocenters. The molecule has 0 saturated heterocycles. The van der Waals surface area contributed by atoms with Crippen LogP contribution in [0.1, 0.15) is 31.2 Å². The molecule has 1 aromatic rings. The second-order valence-electron chi connectivity index (χ2n) is 4.41. The molecular weight excluding hydrogens is 260 g/mol. The number of rotatable bonds is 3. The van der Waals surface area contributed by atoms with Crippen molar-refractivity contribution < 1.29 is 13.2 Å². The molecule has 1 aliphatic carbocycles. The quantitative estimate of drug-likeness (QED) is 0.795. The van der Waals surface area contributed by atoms with Gasteiger partial charge < -0.3 is 4.74 Å². The molecule has 94 valence electrons. The standard InChI is InChI=1S/C12H15ClO3S/c1-9-6-7-11(12(8-9)17(13,14)15)16-10-4-2-3-5-10/h6-8,10H,2-5H2,1H3. The Morgan fingerprint density at radius 3 is 2.53 bits per heavy atom. The fourth-order valence-corrected chi connectivity index (χ4v) is 3.13. The van der Waals surface area contributed by atoms with Gasteiger partial charge in [-0.15, -0.1) is 0 Å². The second kappa shape index (κ2) is 4.86. The summed E-state index contributed by atoms with van der Waals surface area (Å²) < 4.78 is 28.7. The van der Waals surface area contributed by atoms with Crippen LogP contribution in [-0.4, -0.2) is 14.5 Å². The minimum absolute atomic E-state index is 0.0751. The summed E-state index contributed by atoms with van der Waals surface area (Å²) in [6.45, 7) is 1.82. The van der Waals surface area contributed by atoms with Crippen LogP contribution in [0, 0.1) is 6.92 Å². The van der Waals surface area contributed by atoms with Crippen molar-refractivity contribution in [3.8, 4) is 5.75 Å². The van der Waals surface area contributed by atoms with Gasteiger partial charge in [0.1, 0.15) is 10.6 Å². The van der Waals surface area contributed by atoms with Crippen LogP contribution < -0.4 is 4.74 Å². The Morgan fingerprint density at radius 2 is 1.94 bits per heavy atom. The molecule has 0 aromatic heterocycles. The first-order chi connectivity index (χ1) is 7.97. The molecule has 1 aromatic carbocycles. The molecule has 1 saturated carbocycles. The van der Waals surface area contributed by atoms with Crippen molar-refractivity contribution in [1.29, 1.82) is 0 Å².